The molecule has 0 fully saturated rings. The van der Waals surface area contributed by atoms with Crippen molar-refractivity contribution in [3.63, 3.8) is 0 Å². The lowest BCUT2D eigenvalue weighted by Crippen LogP contribution is -1.86. The molecule has 178 valence electrons. The molecule has 0 nitrogen and oxygen atoms in total. The van der Waals surface area contributed by atoms with Gasteiger partial charge in [0.2, 0.25) is 0 Å². The SMILES string of the molecule is Cc1cc(C)c(C)cc1C.Cc1ccc(-c2ccc(C)c(C)c2)cc1C.Cc1ccc(C)cc1. The molecule has 4 rings (SSSR count). The van der Waals surface area contributed by atoms with E-state index < -0.39 is 0 Å². The van der Waals surface area contributed by atoms with Gasteiger partial charge in [0.1, 0.15) is 0 Å². The van der Waals surface area contributed by atoms with Crippen molar-refractivity contribution >= 4 is 0 Å². The second kappa shape index (κ2) is 12.4. The summed E-state index contributed by atoms with van der Waals surface area (Å²) in [6.07, 6.45) is 0. The van der Waals surface area contributed by atoms with Gasteiger partial charge in [-0.1, -0.05) is 83.9 Å². The van der Waals surface area contributed by atoms with Crippen molar-refractivity contribution in [1.29, 1.82) is 0 Å². The zero-order valence-electron chi connectivity index (χ0n) is 22.9. The minimum absolute atomic E-state index is 1.31. The maximum Gasteiger partial charge on any atom is -0.0181 e. The lowest BCUT2D eigenvalue weighted by molar-refractivity contribution is 1.24. The Morgan fingerprint density at radius 1 is 0.265 bits per heavy atom. The number of hydrogen-bond acceptors (Lipinski definition) is 0. The van der Waals surface area contributed by atoms with Crippen LogP contribution in [0.25, 0.3) is 11.1 Å². The quantitative estimate of drug-likeness (QED) is 0.271. The third-order valence-corrected chi connectivity index (χ3v) is 6.68. The fourth-order valence-electron chi connectivity index (χ4n) is 3.58. The molecular weight excluding hydrogens is 408 g/mol. The molecule has 0 N–H and O–H groups in total. The molecule has 0 heteroatoms. The Bertz CT molecular complexity index is 1100. The molecule has 4 aromatic rings. The smallest absolute Gasteiger partial charge is 0.0181 e. The molecule has 0 heterocycles. The molecule has 0 saturated carbocycles. The first-order valence-corrected chi connectivity index (χ1v) is 12.2. The highest BCUT2D eigenvalue weighted by Gasteiger charge is 2.01. The zero-order chi connectivity index (χ0) is 25.4. The van der Waals surface area contributed by atoms with Crippen LogP contribution >= 0.6 is 0 Å². The van der Waals surface area contributed by atoms with E-state index in [1.165, 1.54) is 66.8 Å². The van der Waals surface area contributed by atoms with Gasteiger partial charge >= 0.3 is 0 Å². The maximum atomic E-state index is 2.26. The first kappa shape index (κ1) is 27.1. The highest BCUT2D eigenvalue weighted by atomic mass is 14.1. The topological polar surface area (TPSA) is 0 Å². The summed E-state index contributed by atoms with van der Waals surface area (Å²) < 4.78 is 0. The van der Waals surface area contributed by atoms with Crippen LogP contribution in [0, 0.1) is 69.2 Å². The monoisotopic (exact) mass is 450 g/mol. The van der Waals surface area contributed by atoms with Gasteiger partial charge in [-0.25, -0.2) is 0 Å². The summed E-state index contributed by atoms with van der Waals surface area (Å²) in [6.45, 7) is 21.4. The molecule has 0 bridgehead atoms. The zero-order valence-corrected chi connectivity index (χ0v) is 22.9. The predicted molar refractivity (Wildman–Crippen MR) is 152 cm³/mol. The van der Waals surface area contributed by atoms with E-state index in [0.29, 0.717) is 0 Å². The lowest BCUT2D eigenvalue weighted by Gasteiger charge is -2.08. The van der Waals surface area contributed by atoms with Crippen LogP contribution in [0.1, 0.15) is 55.6 Å². The van der Waals surface area contributed by atoms with Gasteiger partial charge < -0.3 is 0 Å². The van der Waals surface area contributed by atoms with Gasteiger partial charge in [0, 0.05) is 0 Å². The predicted octanol–water partition coefficient (Wildman–Crippen LogP) is 9.81. The summed E-state index contributed by atoms with van der Waals surface area (Å²) in [7, 11) is 0. The van der Waals surface area contributed by atoms with E-state index in [9.17, 15) is 0 Å². The van der Waals surface area contributed by atoms with Crippen LogP contribution in [0.4, 0.5) is 0 Å². The van der Waals surface area contributed by atoms with Crippen LogP contribution in [0.2, 0.25) is 0 Å². The van der Waals surface area contributed by atoms with Gasteiger partial charge in [-0.15, -0.1) is 0 Å². The van der Waals surface area contributed by atoms with Crippen molar-refractivity contribution in [2.75, 3.05) is 0 Å². The fourth-order valence-corrected chi connectivity index (χ4v) is 3.58. The highest BCUT2D eigenvalue weighted by Crippen LogP contribution is 2.24. The third kappa shape index (κ3) is 8.03. The Kier molecular flexibility index (Phi) is 9.87. The van der Waals surface area contributed by atoms with Crippen LogP contribution in [-0.4, -0.2) is 0 Å². The molecule has 0 saturated heterocycles. The number of hydrogen-bond donors (Lipinski definition) is 0. The maximum absolute atomic E-state index is 2.26. The average molecular weight is 451 g/mol. The van der Waals surface area contributed by atoms with Gasteiger partial charge in [0.25, 0.3) is 0 Å². The molecule has 34 heavy (non-hydrogen) atoms. The molecule has 0 aliphatic carbocycles. The second-order valence-electron chi connectivity index (χ2n) is 9.77. The standard InChI is InChI=1S/C16H18.C10H14.C8H10/c1-11-5-7-15(9-13(11)3)16-8-6-12(2)14(4)10-16;1-7-5-9(3)10(4)6-8(7)2;1-7-3-5-8(2)6-4-7/h5-10H,1-4H3;5-6H,1-4H3;3-6H,1-2H3. The summed E-state index contributed by atoms with van der Waals surface area (Å²) in [5.74, 6) is 0. The van der Waals surface area contributed by atoms with Gasteiger partial charge in [0.15, 0.2) is 0 Å². The van der Waals surface area contributed by atoms with E-state index in [-0.39, 0.29) is 0 Å². The Balaban J connectivity index is 0.000000195. The first-order chi connectivity index (χ1) is 16.0. The van der Waals surface area contributed by atoms with Crippen LogP contribution in [0.5, 0.6) is 0 Å². The van der Waals surface area contributed by atoms with Gasteiger partial charge in [-0.3, -0.25) is 0 Å². The highest BCUT2D eigenvalue weighted by molar-refractivity contribution is 5.66. The Morgan fingerprint density at radius 2 is 0.529 bits per heavy atom. The van der Waals surface area contributed by atoms with Crippen molar-refractivity contribution < 1.29 is 0 Å². The molecule has 4 aromatic carbocycles. The summed E-state index contributed by atoms with van der Waals surface area (Å²) in [6, 6.07) is 26.3. The van der Waals surface area contributed by atoms with E-state index in [1.807, 2.05) is 0 Å². The second-order valence-corrected chi connectivity index (χ2v) is 9.77. The van der Waals surface area contributed by atoms with Gasteiger partial charge in [-0.2, -0.15) is 0 Å². The van der Waals surface area contributed by atoms with Crippen molar-refractivity contribution in [3.8, 4) is 11.1 Å². The summed E-state index contributed by atoms with van der Waals surface area (Å²) in [4.78, 5) is 0. The summed E-state index contributed by atoms with van der Waals surface area (Å²) in [5, 5.41) is 0. The summed E-state index contributed by atoms with van der Waals surface area (Å²) in [5.41, 5.74) is 16.3. The van der Waals surface area contributed by atoms with E-state index in [0.717, 1.165) is 0 Å². The molecule has 0 atom stereocenters. The van der Waals surface area contributed by atoms with Crippen molar-refractivity contribution in [2.24, 2.45) is 0 Å². The molecule has 0 spiro atoms. The van der Waals surface area contributed by atoms with E-state index in [2.05, 4.69) is 142 Å². The lowest BCUT2D eigenvalue weighted by atomic mass is 9.98. The third-order valence-electron chi connectivity index (χ3n) is 6.68. The van der Waals surface area contributed by atoms with Crippen LogP contribution in [-0.2, 0) is 0 Å². The molecule has 0 aliphatic rings. The average Bonchev–Trinajstić information content (AvgIpc) is 2.79. The molecule has 0 unspecified atom stereocenters. The molecule has 0 aliphatic heterocycles. The minimum Gasteiger partial charge on any atom is -0.0591 e. The van der Waals surface area contributed by atoms with E-state index in [4.69, 9.17) is 0 Å². The van der Waals surface area contributed by atoms with Gasteiger partial charge in [0.05, 0.1) is 0 Å². The van der Waals surface area contributed by atoms with E-state index in [1.54, 1.807) is 0 Å². The van der Waals surface area contributed by atoms with Crippen LogP contribution in [0.15, 0.2) is 72.8 Å². The molecule has 0 aromatic heterocycles. The van der Waals surface area contributed by atoms with Crippen LogP contribution < -0.4 is 0 Å². The van der Waals surface area contributed by atoms with Gasteiger partial charge in [-0.05, 0) is 125 Å². The number of benzene rings is 4. The normalized spacial score (nSPS) is 10.1. The largest absolute Gasteiger partial charge is 0.0591 e. The van der Waals surface area contributed by atoms with Crippen molar-refractivity contribution in [3.05, 3.63) is 128 Å². The Labute approximate surface area is 208 Å². The molecular formula is C34H42. The Morgan fingerprint density at radius 3 is 0.794 bits per heavy atom. The van der Waals surface area contributed by atoms with Crippen molar-refractivity contribution in [1.82, 2.24) is 0 Å². The minimum atomic E-state index is 1.31. The fraction of sp³-hybridized carbons (Fsp3) is 0.294. The first-order valence-electron chi connectivity index (χ1n) is 12.2. The summed E-state index contributed by atoms with van der Waals surface area (Å²) >= 11 is 0. The van der Waals surface area contributed by atoms with Crippen molar-refractivity contribution in [2.45, 2.75) is 69.2 Å². The Hall–Kier alpha value is -3.12. The van der Waals surface area contributed by atoms with E-state index >= 15 is 0 Å². The van der Waals surface area contributed by atoms with Crippen LogP contribution in [0.3, 0.4) is 0 Å². The number of rotatable bonds is 1. The molecule has 0 amide bonds. The molecule has 0 radical (unpaired) electrons. The number of aryl methyl sites for hydroxylation is 10.